The molecule has 1 aliphatic rings. The van der Waals surface area contributed by atoms with E-state index in [-0.39, 0.29) is 6.04 Å². The fourth-order valence-corrected chi connectivity index (χ4v) is 3.92. The molecular weight excluding hydrogens is 434 g/mol. The van der Waals surface area contributed by atoms with Crippen LogP contribution in [0.4, 0.5) is 18.9 Å². The van der Waals surface area contributed by atoms with Gasteiger partial charge in [0.25, 0.3) is 0 Å². The van der Waals surface area contributed by atoms with Crippen LogP contribution >= 0.6 is 22.6 Å². The van der Waals surface area contributed by atoms with Gasteiger partial charge in [-0.2, -0.15) is 13.2 Å². The second-order valence-electron chi connectivity index (χ2n) is 6.28. The molecule has 0 saturated carbocycles. The van der Waals surface area contributed by atoms with E-state index in [0.717, 1.165) is 24.0 Å². The van der Waals surface area contributed by atoms with Crippen LogP contribution in [-0.2, 0) is 6.54 Å². The molecule has 1 fully saturated rings. The van der Waals surface area contributed by atoms with E-state index in [9.17, 15) is 18.3 Å². The van der Waals surface area contributed by atoms with Gasteiger partial charge in [0.15, 0.2) is 0 Å². The highest BCUT2D eigenvalue weighted by atomic mass is 127. The van der Waals surface area contributed by atoms with Gasteiger partial charge in [-0.05, 0) is 60.8 Å². The summed E-state index contributed by atoms with van der Waals surface area (Å²) >= 11 is 1.93. The average molecular weight is 453 g/mol. The predicted molar refractivity (Wildman–Crippen MR) is 96.2 cm³/mol. The smallest absolute Gasteiger partial charge is 0.390 e. The van der Waals surface area contributed by atoms with Gasteiger partial charge < -0.3 is 19.9 Å². The van der Waals surface area contributed by atoms with Crippen LogP contribution in [0, 0.1) is 3.70 Å². The van der Waals surface area contributed by atoms with E-state index in [4.69, 9.17) is 0 Å². The lowest BCUT2D eigenvalue weighted by molar-refractivity contribution is -0.140. The molecule has 2 heterocycles. The molecule has 2 atom stereocenters. The Morgan fingerprint density at radius 1 is 1.38 bits per heavy atom. The van der Waals surface area contributed by atoms with Crippen molar-refractivity contribution in [1.82, 2.24) is 9.47 Å². The van der Waals surface area contributed by atoms with Crippen LogP contribution in [-0.4, -0.2) is 53.0 Å². The topological polar surface area (TPSA) is 40.4 Å². The number of likely N-dealkylation sites (tertiary alicyclic amines) is 1. The van der Waals surface area contributed by atoms with Crippen molar-refractivity contribution in [2.45, 2.75) is 31.3 Å². The number of halogens is 4. The van der Waals surface area contributed by atoms with E-state index in [2.05, 4.69) is 10.2 Å². The third-order valence-electron chi connectivity index (χ3n) is 4.36. The summed E-state index contributed by atoms with van der Waals surface area (Å²) in [6.07, 6.45) is -3.98. The SMILES string of the molecule is CN1CCC(Nc2cccc3c2cc(I)n3CC(F)(F)F)[C@@H](O)C1. The Balaban J connectivity index is 1.91. The van der Waals surface area contributed by atoms with E-state index >= 15 is 0 Å². The van der Waals surface area contributed by atoms with Crippen LogP contribution in [0.2, 0.25) is 0 Å². The number of aromatic nitrogens is 1. The van der Waals surface area contributed by atoms with Crippen molar-refractivity contribution in [2.24, 2.45) is 0 Å². The summed E-state index contributed by atoms with van der Waals surface area (Å²) in [5.74, 6) is 0. The van der Waals surface area contributed by atoms with Crippen LogP contribution in [0.1, 0.15) is 6.42 Å². The zero-order valence-corrected chi connectivity index (χ0v) is 15.3. The van der Waals surface area contributed by atoms with Gasteiger partial charge in [-0.1, -0.05) is 6.07 Å². The molecule has 8 heteroatoms. The molecule has 3 rings (SSSR count). The third-order valence-corrected chi connectivity index (χ3v) is 5.25. The quantitative estimate of drug-likeness (QED) is 0.702. The first-order valence-electron chi connectivity index (χ1n) is 7.72. The van der Waals surface area contributed by atoms with Crippen molar-refractivity contribution < 1.29 is 18.3 Å². The molecule has 4 nitrogen and oxygen atoms in total. The number of likely N-dealkylation sites (N-methyl/N-ethyl adjacent to an activating group) is 1. The van der Waals surface area contributed by atoms with Gasteiger partial charge in [0, 0.05) is 17.6 Å². The maximum absolute atomic E-state index is 12.8. The Morgan fingerprint density at radius 2 is 2.12 bits per heavy atom. The Hall–Kier alpha value is -1.00. The number of fused-ring (bicyclic) bond motifs is 1. The average Bonchev–Trinajstić information content (AvgIpc) is 2.78. The highest BCUT2D eigenvalue weighted by Crippen LogP contribution is 2.31. The van der Waals surface area contributed by atoms with E-state index in [1.54, 1.807) is 18.2 Å². The monoisotopic (exact) mass is 453 g/mol. The van der Waals surface area contributed by atoms with E-state index in [1.807, 2.05) is 35.7 Å². The Morgan fingerprint density at radius 3 is 2.79 bits per heavy atom. The fourth-order valence-electron chi connectivity index (χ4n) is 3.18. The van der Waals surface area contributed by atoms with Gasteiger partial charge in [0.2, 0.25) is 0 Å². The number of anilines is 1. The molecule has 0 radical (unpaired) electrons. The lowest BCUT2D eigenvalue weighted by atomic mass is 10.0. The van der Waals surface area contributed by atoms with Crippen LogP contribution in [0.3, 0.4) is 0 Å². The zero-order chi connectivity index (χ0) is 17.5. The van der Waals surface area contributed by atoms with Crippen molar-refractivity contribution in [3.8, 4) is 0 Å². The molecule has 0 bridgehead atoms. The number of hydrogen-bond acceptors (Lipinski definition) is 3. The van der Waals surface area contributed by atoms with Crippen molar-refractivity contribution in [3.63, 3.8) is 0 Å². The summed E-state index contributed by atoms with van der Waals surface area (Å²) in [7, 11) is 1.96. The number of rotatable bonds is 3. The maximum atomic E-state index is 12.8. The number of nitrogens with zero attached hydrogens (tertiary/aromatic N) is 2. The maximum Gasteiger partial charge on any atom is 0.406 e. The minimum Gasteiger partial charge on any atom is -0.390 e. The van der Waals surface area contributed by atoms with E-state index in [0.29, 0.717) is 15.8 Å². The Kier molecular flexibility index (Phi) is 4.99. The van der Waals surface area contributed by atoms with Crippen LogP contribution < -0.4 is 5.32 Å². The third kappa shape index (κ3) is 3.80. The number of benzene rings is 1. The molecule has 1 aromatic carbocycles. The number of aliphatic hydroxyl groups is 1. The first kappa shape index (κ1) is 17.8. The summed E-state index contributed by atoms with van der Waals surface area (Å²) in [5.41, 5.74) is 1.31. The molecule has 24 heavy (non-hydrogen) atoms. The number of β-amino-alcohol motifs (C(OH)–C–C–N with tert-alkyl or cyclic N) is 1. The summed E-state index contributed by atoms with van der Waals surface area (Å²) < 4.78 is 40.2. The van der Waals surface area contributed by atoms with Gasteiger partial charge in [-0.25, -0.2) is 0 Å². The number of nitrogens with one attached hydrogen (secondary N) is 1. The second-order valence-corrected chi connectivity index (χ2v) is 7.38. The highest BCUT2D eigenvalue weighted by Gasteiger charge is 2.30. The van der Waals surface area contributed by atoms with Gasteiger partial charge >= 0.3 is 6.18 Å². The molecule has 1 aliphatic heterocycles. The minimum atomic E-state index is -4.26. The standard InChI is InChI=1S/C16H19F3IN3O/c1-22-6-5-12(14(24)8-22)21-11-3-2-4-13-10(11)7-15(20)23(13)9-16(17,18)19/h2-4,7,12,14,21,24H,5-6,8-9H2,1H3/t12?,14-/m0/s1. The highest BCUT2D eigenvalue weighted by molar-refractivity contribution is 14.1. The fraction of sp³-hybridized carbons (Fsp3) is 0.500. The molecule has 0 spiro atoms. The van der Waals surface area contributed by atoms with Gasteiger partial charge in [0.1, 0.15) is 6.54 Å². The van der Waals surface area contributed by atoms with Crippen molar-refractivity contribution >= 4 is 39.2 Å². The largest absolute Gasteiger partial charge is 0.406 e. The molecule has 2 aromatic rings. The van der Waals surface area contributed by atoms with E-state index in [1.165, 1.54) is 4.57 Å². The molecule has 1 saturated heterocycles. The first-order valence-corrected chi connectivity index (χ1v) is 8.80. The molecule has 132 valence electrons. The van der Waals surface area contributed by atoms with Crippen LogP contribution in [0.25, 0.3) is 10.9 Å². The number of alkyl halides is 3. The Labute approximate surface area is 151 Å². The number of piperidine rings is 1. The van der Waals surface area contributed by atoms with Crippen LogP contribution in [0.15, 0.2) is 24.3 Å². The number of aliphatic hydroxyl groups excluding tert-OH is 1. The van der Waals surface area contributed by atoms with Crippen molar-refractivity contribution in [1.29, 1.82) is 0 Å². The van der Waals surface area contributed by atoms with Gasteiger partial charge in [0.05, 0.1) is 21.4 Å². The van der Waals surface area contributed by atoms with E-state index < -0.39 is 18.8 Å². The second kappa shape index (κ2) is 6.72. The lowest BCUT2D eigenvalue weighted by Crippen LogP contribution is -2.48. The summed E-state index contributed by atoms with van der Waals surface area (Å²) in [4.78, 5) is 2.06. The zero-order valence-electron chi connectivity index (χ0n) is 13.1. The molecule has 0 aliphatic carbocycles. The van der Waals surface area contributed by atoms with Gasteiger partial charge in [-0.15, -0.1) is 0 Å². The Bertz CT molecular complexity index is 731. The normalized spacial score (nSPS) is 22.9. The minimum absolute atomic E-state index is 0.101. The lowest BCUT2D eigenvalue weighted by Gasteiger charge is -2.34. The summed E-state index contributed by atoms with van der Waals surface area (Å²) in [6.45, 7) is 0.451. The summed E-state index contributed by atoms with van der Waals surface area (Å²) in [6, 6.07) is 6.94. The molecule has 2 N–H and O–H groups in total. The van der Waals surface area contributed by atoms with Crippen molar-refractivity contribution in [3.05, 3.63) is 28.0 Å². The molecule has 0 amide bonds. The molecule has 1 aromatic heterocycles. The predicted octanol–water partition coefficient (Wildman–Crippen LogP) is 3.29. The number of hydrogen-bond donors (Lipinski definition) is 2. The van der Waals surface area contributed by atoms with Crippen molar-refractivity contribution in [2.75, 3.05) is 25.5 Å². The summed E-state index contributed by atoms with van der Waals surface area (Å²) in [5, 5.41) is 14.3. The van der Waals surface area contributed by atoms with Gasteiger partial charge in [-0.3, -0.25) is 0 Å². The first-order chi connectivity index (χ1) is 11.2. The van der Waals surface area contributed by atoms with Crippen LogP contribution in [0.5, 0.6) is 0 Å². The molecular formula is C16H19F3IN3O. The molecule has 1 unspecified atom stereocenters.